The minimum absolute atomic E-state index is 0.347. The van der Waals surface area contributed by atoms with Crippen LogP contribution in [0.1, 0.15) is 43.4 Å². The van der Waals surface area contributed by atoms with Crippen molar-refractivity contribution in [1.82, 2.24) is 9.88 Å². The average molecular weight is 375 g/mol. The zero-order valence-electron chi connectivity index (χ0n) is 13.5. The number of phenols is 1. The smallest absolute Gasteiger partial charge is 0.130 e. The van der Waals surface area contributed by atoms with Gasteiger partial charge in [0.15, 0.2) is 0 Å². The normalized spacial score (nSPS) is 35.3. The van der Waals surface area contributed by atoms with E-state index >= 15 is 0 Å². The Bertz CT molecular complexity index is 783. The van der Waals surface area contributed by atoms with E-state index in [4.69, 9.17) is 0 Å². The van der Waals surface area contributed by atoms with Crippen molar-refractivity contribution in [2.45, 2.75) is 44.6 Å². The third-order valence-electron chi connectivity index (χ3n) is 6.59. The fourth-order valence-corrected chi connectivity index (χ4v) is 6.32. The van der Waals surface area contributed by atoms with Crippen molar-refractivity contribution in [2.75, 3.05) is 13.1 Å². The molecule has 4 heteroatoms. The van der Waals surface area contributed by atoms with E-state index < -0.39 is 0 Å². The first-order chi connectivity index (χ1) is 11.2. The van der Waals surface area contributed by atoms with E-state index in [0.717, 1.165) is 29.3 Å². The summed E-state index contributed by atoms with van der Waals surface area (Å²) in [4.78, 5) is 6.51. The van der Waals surface area contributed by atoms with Crippen LogP contribution in [0.5, 0.6) is 5.75 Å². The molecular weight excluding hydrogens is 352 g/mol. The summed E-state index contributed by atoms with van der Waals surface area (Å²) in [6, 6.07) is 4.53. The quantitative estimate of drug-likeness (QED) is 0.776. The Hall–Kier alpha value is -1.00. The molecule has 1 aromatic carbocycles. The second-order valence-electron chi connectivity index (χ2n) is 7.69. The summed E-state index contributed by atoms with van der Waals surface area (Å²) >= 11 is 3.62. The van der Waals surface area contributed by atoms with Crippen molar-refractivity contribution >= 4 is 26.8 Å². The molecule has 1 aromatic heterocycles. The highest BCUT2D eigenvalue weighted by Gasteiger charge is 2.48. The molecule has 4 aliphatic rings. The molecule has 2 unspecified atom stereocenters. The Morgan fingerprint density at radius 3 is 3.04 bits per heavy atom. The largest absolute Gasteiger partial charge is 0.507 e. The van der Waals surface area contributed by atoms with E-state index in [2.05, 4.69) is 32.7 Å². The molecule has 2 N–H and O–H groups in total. The number of benzene rings is 1. The van der Waals surface area contributed by atoms with E-state index in [1.807, 2.05) is 6.07 Å². The minimum atomic E-state index is 0.347. The Kier molecular flexibility index (Phi) is 3.12. The molecule has 1 saturated carbocycles. The number of H-pyrrole nitrogens is 1. The van der Waals surface area contributed by atoms with Crippen LogP contribution in [0.4, 0.5) is 0 Å². The summed E-state index contributed by atoms with van der Waals surface area (Å²) in [5.41, 5.74) is 4.07. The Balaban J connectivity index is 1.71. The number of piperidine rings is 2. The second-order valence-corrected chi connectivity index (χ2v) is 8.48. The molecule has 3 aliphatic heterocycles. The van der Waals surface area contributed by atoms with Gasteiger partial charge in [0.05, 0.1) is 4.47 Å². The number of hydrogen-bond acceptors (Lipinski definition) is 2. The van der Waals surface area contributed by atoms with Crippen LogP contribution in [0, 0.1) is 11.8 Å². The molecule has 0 radical (unpaired) electrons. The molecule has 3 fully saturated rings. The number of fused-ring (bicyclic) bond motifs is 4. The molecule has 2 saturated heterocycles. The molecule has 1 aliphatic carbocycles. The maximum absolute atomic E-state index is 10.1. The summed E-state index contributed by atoms with van der Waals surface area (Å²) in [6.45, 7) is 4.82. The molecule has 2 aromatic rings. The van der Waals surface area contributed by atoms with E-state index in [0.29, 0.717) is 17.7 Å². The Labute approximate surface area is 145 Å². The van der Waals surface area contributed by atoms with Gasteiger partial charge in [0.25, 0.3) is 0 Å². The predicted octanol–water partition coefficient (Wildman–Crippen LogP) is 4.40. The number of halogens is 1. The first-order valence-electron chi connectivity index (χ1n) is 8.93. The Morgan fingerprint density at radius 2 is 2.22 bits per heavy atom. The number of aromatic hydroxyl groups is 1. The summed E-state index contributed by atoms with van der Waals surface area (Å²) in [5, 5.41) is 11.3. The molecule has 4 heterocycles. The van der Waals surface area contributed by atoms with E-state index in [1.165, 1.54) is 48.0 Å². The molecule has 3 nitrogen and oxygen atoms in total. The lowest BCUT2D eigenvalue weighted by atomic mass is 9.65. The summed E-state index contributed by atoms with van der Waals surface area (Å²) in [7, 11) is 0. The standard InChI is InChI=1S/C19H23BrN2O/c1-2-11-7-10-8-13-18-12(5-6-22(9-10)19(11)13)16-14(21-18)3-4-15(23)17(16)20/h3-4,10-11,13,19,21,23H,2,5-9H2,1H3/t10-,11-,13-,19?/m0/s1. The number of nitrogens with one attached hydrogen (secondary N) is 1. The number of aromatic amines is 1. The van der Waals surface area contributed by atoms with Crippen LogP contribution in [-0.4, -0.2) is 34.1 Å². The van der Waals surface area contributed by atoms with Crippen LogP contribution >= 0.6 is 15.9 Å². The van der Waals surface area contributed by atoms with Crippen LogP contribution in [0.3, 0.4) is 0 Å². The zero-order chi connectivity index (χ0) is 15.7. The van der Waals surface area contributed by atoms with Crippen molar-refractivity contribution in [3.8, 4) is 5.75 Å². The van der Waals surface area contributed by atoms with Gasteiger partial charge in [0.1, 0.15) is 5.75 Å². The van der Waals surface area contributed by atoms with Crippen molar-refractivity contribution in [1.29, 1.82) is 0 Å². The SMILES string of the molecule is CC[C@H]1C[C@H]2C[C@H]3c4[nH]c5ccc(O)c(Br)c5c4CCN(C2)C13. The van der Waals surface area contributed by atoms with Crippen molar-refractivity contribution in [3.63, 3.8) is 0 Å². The predicted molar refractivity (Wildman–Crippen MR) is 96.0 cm³/mol. The highest BCUT2D eigenvalue weighted by Crippen LogP contribution is 2.51. The highest BCUT2D eigenvalue weighted by molar-refractivity contribution is 9.10. The molecular formula is C19H23BrN2O. The maximum Gasteiger partial charge on any atom is 0.130 e. The summed E-state index contributed by atoms with van der Waals surface area (Å²) in [6.07, 6.45) is 5.15. The molecule has 5 atom stereocenters. The number of hydrogen-bond donors (Lipinski definition) is 2. The van der Waals surface area contributed by atoms with Gasteiger partial charge >= 0.3 is 0 Å². The third kappa shape index (κ3) is 1.91. The average Bonchev–Trinajstić information content (AvgIpc) is 2.90. The first kappa shape index (κ1) is 14.4. The van der Waals surface area contributed by atoms with E-state index in [9.17, 15) is 5.11 Å². The monoisotopic (exact) mass is 374 g/mol. The lowest BCUT2D eigenvalue weighted by molar-refractivity contribution is -0.0134. The van der Waals surface area contributed by atoms with Gasteiger partial charge in [-0.05, 0) is 64.7 Å². The van der Waals surface area contributed by atoms with E-state index in [-0.39, 0.29) is 0 Å². The van der Waals surface area contributed by atoms with Crippen LogP contribution in [0.25, 0.3) is 10.9 Å². The van der Waals surface area contributed by atoms with Crippen LogP contribution in [0.15, 0.2) is 16.6 Å². The van der Waals surface area contributed by atoms with Gasteiger partial charge in [-0.1, -0.05) is 13.3 Å². The van der Waals surface area contributed by atoms with Crippen LogP contribution in [0.2, 0.25) is 0 Å². The van der Waals surface area contributed by atoms with Gasteiger partial charge < -0.3 is 10.1 Å². The molecule has 6 rings (SSSR count). The number of nitrogens with zero attached hydrogens (tertiary/aromatic N) is 1. The van der Waals surface area contributed by atoms with Gasteiger partial charge in [-0.15, -0.1) is 0 Å². The summed E-state index contributed by atoms with van der Waals surface area (Å²) in [5.74, 6) is 2.71. The summed E-state index contributed by atoms with van der Waals surface area (Å²) < 4.78 is 0.858. The lowest BCUT2D eigenvalue weighted by Crippen LogP contribution is -2.56. The number of aromatic nitrogens is 1. The molecule has 0 amide bonds. The topological polar surface area (TPSA) is 39.3 Å². The van der Waals surface area contributed by atoms with Gasteiger partial charge in [0.2, 0.25) is 0 Å². The van der Waals surface area contributed by atoms with Gasteiger partial charge in [-0.3, -0.25) is 4.90 Å². The maximum atomic E-state index is 10.1. The van der Waals surface area contributed by atoms with Crippen molar-refractivity contribution in [2.24, 2.45) is 11.8 Å². The molecule has 4 bridgehead atoms. The van der Waals surface area contributed by atoms with Gasteiger partial charge in [0, 0.05) is 41.6 Å². The lowest BCUT2D eigenvalue weighted by Gasteiger charge is -2.53. The second kappa shape index (κ2) is 5.00. The third-order valence-corrected chi connectivity index (χ3v) is 7.40. The molecule has 23 heavy (non-hydrogen) atoms. The number of rotatable bonds is 1. The highest BCUT2D eigenvalue weighted by atomic mass is 79.9. The van der Waals surface area contributed by atoms with Crippen LogP contribution < -0.4 is 0 Å². The van der Waals surface area contributed by atoms with Crippen molar-refractivity contribution in [3.05, 3.63) is 27.9 Å². The molecule has 122 valence electrons. The molecule has 0 spiro atoms. The number of phenolic OH excluding ortho intramolecular Hbond substituents is 1. The Morgan fingerprint density at radius 1 is 1.35 bits per heavy atom. The van der Waals surface area contributed by atoms with Gasteiger partial charge in [-0.2, -0.15) is 0 Å². The van der Waals surface area contributed by atoms with Gasteiger partial charge in [-0.25, -0.2) is 0 Å². The first-order valence-corrected chi connectivity index (χ1v) is 9.72. The van der Waals surface area contributed by atoms with Crippen molar-refractivity contribution < 1.29 is 5.11 Å². The fourth-order valence-electron chi connectivity index (χ4n) is 5.73. The van der Waals surface area contributed by atoms with E-state index in [1.54, 1.807) is 6.07 Å². The minimum Gasteiger partial charge on any atom is -0.507 e. The zero-order valence-corrected chi connectivity index (χ0v) is 15.1. The van der Waals surface area contributed by atoms with Crippen LogP contribution in [-0.2, 0) is 6.42 Å². The fraction of sp³-hybridized carbons (Fsp3) is 0.579.